The first kappa shape index (κ1) is 13.1. The molecule has 7 nitrogen and oxygen atoms in total. The molecule has 19 heavy (non-hydrogen) atoms. The second-order valence-electron chi connectivity index (χ2n) is 4.56. The number of rotatable bonds is 5. The molecule has 7 heteroatoms. The fourth-order valence-electron chi connectivity index (χ4n) is 1.87. The third kappa shape index (κ3) is 2.59. The van der Waals surface area contributed by atoms with E-state index in [0.29, 0.717) is 18.1 Å². The zero-order chi connectivity index (χ0) is 14.0. The highest BCUT2D eigenvalue weighted by Gasteiger charge is 2.26. The Hall–Kier alpha value is -2.31. The van der Waals surface area contributed by atoms with Crippen LogP contribution in [0.4, 0.5) is 11.5 Å². The first-order valence-electron chi connectivity index (χ1n) is 5.99. The average Bonchev–Trinajstić information content (AvgIpc) is 2.92. The lowest BCUT2D eigenvalue weighted by Crippen LogP contribution is -2.10. The van der Waals surface area contributed by atoms with Crippen LogP contribution in [0.1, 0.15) is 31.1 Å². The third-order valence-electron chi connectivity index (χ3n) is 2.77. The molecule has 2 aromatic heterocycles. The molecule has 0 bridgehead atoms. The first-order chi connectivity index (χ1) is 9.00. The van der Waals surface area contributed by atoms with Crippen molar-refractivity contribution in [2.24, 2.45) is 0 Å². The number of hydrogen-bond acceptors (Lipinski definition) is 5. The van der Waals surface area contributed by atoms with Crippen molar-refractivity contribution in [2.45, 2.75) is 33.4 Å². The molecule has 0 atom stereocenters. The Morgan fingerprint density at radius 3 is 2.84 bits per heavy atom. The summed E-state index contributed by atoms with van der Waals surface area (Å²) in [6.07, 6.45) is 3.16. The van der Waals surface area contributed by atoms with Crippen molar-refractivity contribution in [3.05, 3.63) is 40.0 Å². The molecule has 0 aliphatic rings. The summed E-state index contributed by atoms with van der Waals surface area (Å²) < 4.78 is 6.60. The summed E-state index contributed by atoms with van der Waals surface area (Å²) in [5.41, 5.74) is 1.36. The van der Waals surface area contributed by atoms with Gasteiger partial charge in [-0.25, -0.2) is 4.68 Å². The smallest absolute Gasteiger partial charge is 0.333 e. The van der Waals surface area contributed by atoms with Gasteiger partial charge in [0, 0.05) is 18.2 Å². The van der Waals surface area contributed by atoms with E-state index < -0.39 is 4.92 Å². The lowest BCUT2D eigenvalue weighted by Gasteiger charge is -2.11. The van der Waals surface area contributed by atoms with Gasteiger partial charge in [-0.3, -0.25) is 10.1 Å². The van der Waals surface area contributed by atoms with Gasteiger partial charge < -0.3 is 9.73 Å². The third-order valence-corrected chi connectivity index (χ3v) is 2.77. The topological polar surface area (TPSA) is 86.1 Å². The fourth-order valence-corrected chi connectivity index (χ4v) is 1.87. The predicted octanol–water partition coefficient (Wildman–Crippen LogP) is 2.89. The number of nitrogens with zero attached hydrogens (tertiary/aromatic N) is 3. The second kappa shape index (κ2) is 5.13. The molecule has 0 radical (unpaired) electrons. The van der Waals surface area contributed by atoms with Crippen LogP contribution in [0.5, 0.6) is 0 Å². The summed E-state index contributed by atoms with van der Waals surface area (Å²) in [6.45, 7) is 5.95. The van der Waals surface area contributed by atoms with E-state index in [0.717, 1.165) is 5.56 Å². The summed E-state index contributed by atoms with van der Waals surface area (Å²) in [5, 5.41) is 18.4. The molecule has 1 N–H and O–H groups in total. The number of hydrogen-bond donors (Lipinski definition) is 1. The summed E-state index contributed by atoms with van der Waals surface area (Å²) in [5.74, 6) is 0.429. The minimum atomic E-state index is -0.404. The van der Waals surface area contributed by atoms with E-state index in [2.05, 4.69) is 10.4 Å². The van der Waals surface area contributed by atoms with Crippen LogP contribution in [-0.2, 0) is 6.54 Å². The molecular formula is C12H16N4O3. The van der Waals surface area contributed by atoms with Gasteiger partial charge >= 0.3 is 5.69 Å². The molecule has 0 aliphatic heterocycles. The quantitative estimate of drug-likeness (QED) is 0.662. The van der Waals surface area contributed by atoms with E-state index in [-0.39, 0.29) is 11.7 Å². The van der Waals surface area contributed by atoms with Crippen molar-refractivity contribution < 1.29 is 9.34 Å². The van der Waals surface area contributed by atoms with Gasteiger partial charge in [0.25, 0.3) is 0 Å². The fraction of sp³-hybridized carbons (Fsp3) is 0.417. The number of nitro groups is 1. The molecule has 2 rings (SSSR count). The summed E-state index contributed by atoms with van der Waals surface area (Å²) >= 11 is 0. The van der Waals surface area contributed by atoms with Crippen LogP contribution in [0.3, 0.4) is 0 Å². The highest BCUT2D eigenvalue weighted by Crippen LogP contribution is 2.30. The van der Waals surface area contributed by atoms with Crippen molar-refractivity contribution in [2.75, 3.05) is 5.32 Å². The number of nitrogens with one attached hydrogen (secondary N) is 1. The van der Waals surface area contributed by atoms with Gasteiger partial charge in [0.15, 0.2) is 0 Å². The maximum Gasteiger partial charge on any atom is 0.333 e. The van der Waals surface area contributed by atoms with E-state index in [1.165, 1.54) is 0 Å². The molecule has 0 fully saturated rings. The Morgan fingerprint density at radius 1 is 1.58 bits per heavy atom. The Balaban J connectivity index is 2.32. The molecular weight excluding hydrogens is 248 g/mol. The molecule has 0 aromatic carbocycles. The highest BCUT2D eigenvalue weighted by atomic mass is 16.6. The molecule has 102 valence electrons. The summed E-state index contributed by atoms with van der Waals surface area (Å²) in [4.78, 5) is 10.7. The Kier molecular flexibility index (Phi) is 3.55. The van der Waals surface area contributed by atoms with Crippen molar-refractivity contribution >= 4 is 11.5 Å². The van der Waals surface area contributed by atoms with Gasteiger partial charge in [-0.1, -0.05) is 0 Å². The number of furan rings is 1. The van der Waals surface area contributed by atoms with E-state index in [1.54, 1.807) is 24.1 Å². The van der Waals surface area contributed by atoms with Crippen LogP contribution in [0.25, 0.3) is 0 Å². The van der Waals surface area contributed by atoms with Crippen LogP contribution >= 0.6 is 0 Å². The summed E-state index contributed by atoms with van der Waals surface area (Å²) in [7, 11) is 0. The van der Waals surface area contributed by atoms with Gasteiger partial charge in [0.2, 0.25) is 5.82 Å². The van der Waals surface area contributed by atoms with Crippen molar-refractivity contribution in [3.63, 3.8) is 0 Å². The number of aryl methyl sites for hydroxylation is 1. The Morgan fingerprint density at radius 2 is 2.32 bits per heavy atom. The van der Waals surface area contributed by atoms with E-state index in [9.17, 15) is 10.1 Å². The van der Waals surface area contributed by atoms with Gasteiger partial charge in [-0.2, -0.15) is 5.10 Å². The average molecular weight is 264 g/mol. The predicted molar refractivity (Wildman–Crippen MR) is 70.0 cm³/mol. The van der Waals surface area contributed by atoms with Gasteiger partial charge in [-0.05, 0) is 26.8 Å². The van der Waals surface area contributed by atoms with Crippen LogP contribution in [0, 0.1) is 17.0 Å². The number of anilines is 1. The molecule has 0 unspecified atom stereocenters. The molecule has 0 amide bonds. The van der Waals surface area contributed by atoms with Gasteiger partial charge in [0.05, 0.1) is 17.4 Å². The highest BCUT2D eigenvalue weighted by molar-refractivity contribution is 5.59. The minimum Gasteiger partial charge on any atom is -0.472 e. The van der Waals surface area contributed by atoms with Crippen molar-refractivity contribution in [1.29, 1.82) is 0 Å². The van der Waals surface area contributed by atoms with Crippen molar-refractivity contribution in [3.8, 4) is 0 Å². The zero-order valence-electron chi connectivity index (χ0n) is 11.1. The molecule has 0 aliphatic carbocycles. The minimum absolute atomic E-state index is 0.0252. The zero-order valence-corrected chi connectivity index (χ0v) is 11.1. The standard InChI is InChI=1S/C12H16N4O3/c1-8(2)15-12(11(16(17)18)9(3)14-15)13-6-10-4-5-19-7-10/h4-5,7-8,13H,6H2,1-3H3. The van der Waals surface area contributed by atoms with E-state index >= 15 is 0 Å². The van der Waals surface area contributed by atoms with Crippen LogP contribution in [-0.4, -0.2) is 14.7 Å². The molecule has 0 saturated heterocycles. The SMILES string of the molecule is Cc1nn(C(C)C)c(NCc2ccoc2)c1[N+](=O)[O-]. The Bertz CT molecular complexity index is 572. The Labute approximate surface area is 110 Å². The van der Waals surface area contributed by atoms with Gasteiger partial charge in [0.1, 0.15) is 5.69 Å². The number of aromatic nitrogens is 2. The van der Waals surface area contributed by atoms with Crippen LogP contribution in [0.2, 0.25) is 0 Å². The van der Waals surface area contributed by atoms with E-state index in [1.807, 2.05) is 19.9 Å². The maximum atomic E-state index is 11.1. The van der Waals surface area contributed by atoms with Crippen LogP contribution in [0.15, 0.2) is 23.0 Å². The second-order valence-corrected chi connectivity index (χ2v) is 4.56. The first-order valence-corrected chi connectivity index (χ1v) is 5.99. The summed E-state index contributed by atoms with van der Waals surface area (Å²) in [6, 6.07) is 1.85. The molecule has 2 aromatic rings. The molecule has 2 heterocycles. The van der Waals surface area contributed by atoms with E-state index in [4.69, 9.17) is 4.42 Å². The van der Waals surface area contributed by atoms with Crippen molar-refractivity contribution in [1.82, 2.24) is 9.78 Å². The largest absolute Gasteiger partial charge is 0.472 e. The maximum absolute atomic E-state index is 11.1. The molecule has 0 spiro atoms. The lowest BCUT2D eigenvalue weighted by molar-refractivity contribution is -0.384. The van der Waals surface area contributed by atoms with Crippen LogP contribution < -0.4 is 5.32 Å². The normalized spacial score (nSPS) is 10.9. The monoisotopic (exact) mass is 264 g/mol. The van der Waals surface area contributed by atoms with Gasteiger partial charge in [-0.15, -0.1) is 0 Å². The lowest BCUT2D eigenvalue weighted by atomic mass is 10.3. The molecule has 0 saturated carbocycles.